The Bertz CT molecular complexity index is 919. The number of nitrogens with zero attached hydrogens (tertiary/aromatic N) is 2. The van der Waals surface area contributed by atoms with E-state index in [0.717, 1.165) is 22.2 Å². The van der Waals surface area contributed by atoms with Crippen LogP contribution in [-0.2, 0) is 21.4 Å². The largest absolute Gasteiger partial charge is 0.497 e. The molecule has 2 aromatic rings. The molecule has 0 fully saturated rings. The van der Waals surface area contributed by atoms with E-state index in [1.807, 2.05) is 12.1 Å². The molecule has 0 aliphatic heterocycles. The summed E-state index contributed by atoms with van der Waals surface area (Å²) in [5.41, 5.74) is 0.984. The molecule has 0 spiro atoms. The fourth-order valence-corrected chi connectivity index (χ4v) is 3.39. The molecule has 0 saturated carbocycles. The van der Waals surface area contributed by atoms with Crippen LogP contribution >= 0.6 is 11.6 Å². The zero-order valence-electron chi connectivity index (χ0n) is 15.1. The Morgan fingerprint density at radius 3 is 2.33 bits per heavy atom. The highest BCUT2D eigenvalue weighted by Crippen LogP contribution is 2.24. The van der Waals surface area contributed by atoms with Gasteiger partial charge < -0.3 is 9.64 Å². The van der Waals surface area contributed by atoms with Crippen LogP contribution < -0.4 is 9.04 Å². The van der Waals surface area contributed by atoms with Crippen LogP contribution in [0.3, 0.4) is 0 Å². The first-order valence-electron chi connectivity index (χ1n) is 7.91. The molecule has 0 bridgehead atoms. The second-order valence-corrected chi connectivity index (χ2v) is 8.28. The van der Waals surface area contributed by atoms with Crippen molar-refractivity contribution in [3.63, 3.8) is 0 Å². The van der Waals surface area contributed by atoms with Crippen molar-refractivity contribution in [2.45, 2.75) is 6.54 Å². The third-order valence-corrected chi connectivity index (χ3v) is 5.31. The molecule has 0 atom stereocenters. The summed E-state index contributed by atoms with van der Waals surface area (Å²) in [4.78, 5) is 13.9. The van der Waals surface area contributed by atoms with E-state index >= 15 is 0 Å². The Balaban J connectivity index is 2.16. The SMILES string of the molecule is COc1ccc(CN(C)C(=O)CN(c2ccc(F)c(Cl)c2)S(C)(=O)=O)cc1. The highest BCUT2D eigenvalue weighted by atomic mass is 35.5. The monoisotopic (exact) mass is 414 g/mol. The van der Waals surface area contributed by atoms with Crippen LogP contribution in [0.2, 0.25) is 5.02 Å². The minimum Gasteiger partial charge on any atom is -0.497 e. The Morgan fingerprint density at radius 1 is 1.19 bits per heavy atom. The van der Waals surface area contributed by atoms with Gasteiger partial charge in [-0.25, -0.2) is 12.8 Å². The van der Waals surface area contributed by atoms with E-state index in [0.29, 0.717) is 12.3 Å². The van der Waals surface area contributed by atoms with Crippen LogP contribution in [0.4, 0.5) is 10.1 Å². The number of anilines is 1. The van der Waals surface area contributed by atoms with Gasteiger partial charge >= 0.3 is 0 Å². The summed E-state index contributed by atoms with van der Waals surface area (Å²) in [5, 5.41) is -0.222. The summed E-state index contributed by atoms with van der Waals surface area (Å²) in [6.07, 6.45) is 0.973. The fraction of sp³-hybridized carbons (Fsp3) is 0.278. The van der Waals surface area contributed by atoms with Gasteiger partial charge in [-0.3, -0.25) is 9.10 Å². The maximum atomic E-state index is 13.4. The Kier molecular flexibility index (Phi) is 6.67. The molecule has 0 unspecified atom stereocenters. The fourth-order valence-electron chi connectivity index (χ4n) is 2.38. The number of carbonyl (C=O) groups excluding carboxylic acids is 1. The van der Waals surface area contributed by atoms with Gasteiger partial charge in [-0.2, -0.15) is 0 Å². The molecule has 27 heavy (non-hydrogen) atoms. The first kappa shape index (κ1) is 21.0. The molecule has 0 aromatic heterocycles. The van der Waals surface area contributed by atoms with E-state index < -0.39 is 28.3 Å². The van der Waals surface area contributed by atoms with Crippen molar-refractivity contribution in [3.8, 4) is 5.75 Å². The molecule has 0 heterocycles. The van der Waals surface area contributed by atoms with Gasteiger partial charge in [0, 0.05) is 13.6 Å². The Hall–Kier alpha value is -2.32. The zero-order chi connectivity index (χ0) is 20.2. The average molecular weight is 415 g/mol. The molecule has 2 aromatic carbocycles. The average Bonchev–Trinajstić information content (AvgIpc) is 2.61. The second kappa shape index (κ2) is 8.58. The van der Waals surface area contributed by atoms with E-state index in [1.54, 1.807) is 26.3 Å². The molecule has 0 N–H and O–H groups in total. The highest BCUT2D eigenvalue weighted by Gasteiger charge is 2.23. The van der Waals surface area contributed by atoms with Gasteiger partial charge in [0.1, 0.15) is 18.1 Å². The number of benzene rings is 2. The molecule has 0 aliphatic carbocycles. The topological polar surface area (TPSA) is 66.9 Å². The maximum Gasteiger partial charge on any atom is 0.243 e. The normalized spacial score (nSPS) is 11.1. The van der Waals surface area contributed by atoms with Crippen LogP contribution in [0.1, 0.15) is 5.56 Å². The number of sulfonamides is 1. The van der Waals surface area contributed by atoms with E-state index in [4.69, 9.17) is 16.3 Å². The van der Waals surface area contributed by atoms with Gasteiger partial charge in [0.15, 0.2) is 0 Å². The van der Waals surface area contributed by atoms with Crippen molar-refractivity contribution in [2.75, 3.05) is 31.3 Å². The lowest BCUT2D eigenvalue weighted by atomic mass is 10.2. The predicted octanol–water partition coefficient (Wildman–Crippen LogP) is 2.91. The van der Waals surface area contributed by atoms with Gasteiger partial charge in [0.2, 0.25) is 15.9 Å². The highest BCUT2D eigenvalue weighted by molar-refractivity contribution is 7.92. The Labute approximate surface area is 163 Å². The van der Waals surface area contributed by atoms with Crippen LogP contribution in [0.15, 0.2) is 42.5 Å². The van der Waals surface area contributed by atoms with E-state index in [1.165, 1.54) is 17.0 Å². The van der Waals surface area contributed by atoms with E-state index in [9.17, 15) is 17.6 Å². The van der Waals surface area contributed by atoms with Crippen molar-refractivity contribution < 1.29 is 22.3 Å². The second-order valence-electron chi connectivity index (χ2n) is 5.97. The number of rotatable bonds is 7. The summed E-state index contributed by atoms with van der Waals surface area (Å²) in [5.74, 6) is -0.391. The van der Waals surface area contributed by atoms with Crippen molar-refractivity contribution in [1.29, 1.82) is 0 Å². The van der Waals surface area contributed by atoms with Crippen LogP contribution in [0.5, 0.6) is 5.75 Å². The molecule has 0 radical (unpaired) electrons. The molecule has 1 amide bonds. The van der Waals surface area contributed by atoms with Crippen molar-refractivity contribution in [3.05, 3.63) is 58.9 Å². The smallest absolute Gasteiger partial charge is 0.243 e. The van der Waals surface area contributed by atoms with Crippen molar-refractivity contribution in [2.24, 2.45) is 0 Å². The summed E-state index contributed by atoms with van der Waals surface area (Å²) >= 11 is 5.74. The van der Waals surface area contributed by atoms with Crippen LogP contribution in [-0.4, -0.2) is 46.2 Å². The van der Waals surface area contributed by atoms with Gasteiger partial charge in [-0.05, 0) is 35.9 Å². The van der Waals surface area contributed by atoms with Crippen LogP contribution in [0.25, 0.3) is 0 Å². The maximum absolute atomic E-state index is 13.4. The number of likely N-dealkylation sites (N-methyl/N-ethyl adjacent to an activating group) is 1. The zero-order valence-corrected chi connectivity index (χ0v) is 16.7. The molecule has 6 nitrogen and oxygen atoms in total. The molecule has 146 valence electrons. The number of amides is 1. The quantitative estimate of drug-likeness (QED) is 0.698. The van der Waals surface area contributed by atoms with Crippen molar-refractivity contribution in [1.82, 2.24) is 4.90 Å². The number of hydrogen-bond donors (Lipinski definition) is 0. The first-order chi connectivity index (χ1) is 12.6. The number of halogens is 2. The summed E-state index contributed by atoms with van der Waals surface area (Å²) in [6, 6.07) is 10.7. The summed E-state index contributed by atoms with van der Waals surface area (Å²) < 4.78 is 43.6. The predicted molar refractivity (Wildman–Crippen MR) is 103 cm³/mol. The molecular weight excluding hydrogens is 395 g/mol. The minimum absolute atomic E-state index is 0.120. The summed E-state index contributed by atoms with van der Waals surface area (Å²) in [7, 11) is -0.634. The minimum atomic E-state index is -3.77. The molecular formula is C18H20ClFN2O4S. The number of ether oxygens (including phenoxy) is 1. The van der Waals surface area contributed by atoms with E-state index in [-0.39, 0.29) is 10.7 Å². The summed E-state index contributed by atoms with van der Waals surface area (Å²) in [6.45, 7) is -0.127. The molecule has 2 rings (SSSR count). The number of carbonyl (C=O) groups is 1. The Morgan fingerprint density at radius 2 is 1.81 bits per heavy atom. The molecule has 0 saturated heterocycles. The van der Waals surface area contributed by atoms with Gasteiger partial charge in [0.05, 0.1) is 24.1 Å². The van der Waals surface area contributed by atoms with Gasteiger partial charge in [-0.15, -0.1) is 0 Å². The van der Waals surface area contributed by atoms with Crippen LogP contribution in [0, 0.1) is 5.82 Å². The lowest BCUT2D eigenvalue weighted by molar-refractivity contribution is -0.128. The first-order valence-corrected chi connectivity index (χ1v) is 10.1. The lowest BCUT2D eigenvalue weighted by Crippen LogP contribution is -2.41. The standard InChI is InChI=1S/C18H20ClFN2O4S/c1-21(11-13-4-7-15(26-2)8-5-13)18(23)12-22(27(3,24)25)14-6-9-17(20)16(19)10-14/h4-10H,11-12H2,1-3H3. The number of methoxy groups -OCH3 is 1. The van der Waals surface area contributed by atoms with E-state index in [2.05, 4.69) is 0 Å². The van der Waals surface area contributed by atoms with Gasteiger partial charge in [0.25, 0.3) is 0 Å². The molecule has 0 aliphatic rings. The molecule has 9 heteroatoms. The van der Waals surface area contributed by atoms with Crippen molar-refractivity contribution >= 4 is 33.2 Å². The third kappa shape index (κ3) is 5.58. The number of hydrogen-bond acceptors (Lipinski definition) is 4. The third-order valence-electron chi connectivity index (χ3n) is 3.87. The van der Waals surface area contributed by atoms with Gasteiger partial charge in [-0.1, -0.05) is 23.7 Å². The lowest BCUT2D eigenvalue weighted by Gasteiger charge is -2.25.